The second-order valence-electron chi connectivity index (χ2n) is 6.96. The molecule has 4 rings (SSSR count). The number of aliphatic hydroxyl groups is 1. The highest BCUT2D eigenvalue weighted by Gasteiger charge is 2.31. The van der Waals surface area contributed by atoms with E-state index >= 15 is 0 Å². The summed E-state index contributed by atoms with van der Waals surface area (Å²) in [4.78, 5) is 22.1. The van der Waals surface area contributed by atoms with E-state index in [4.69, 9.17) is 23.2 Å². The number of halogens is 2. The standard InChI is InChI=1S/C20H20Cl2N4O2/c1-11-17(7-13(22)8-23-11)24-19(28)9-26-5-4-14-15-6-12(21)2-3-16(15)25-20(14)18(26)10-27/h2-3,6-8,18,25,27H,4-5,9-10H2,1H3,(H,24,28). The Kier molecular flexibility index (Phi) is 5.29. The number of H-pyrrole nitrogens is 1. The minimum Gasteiger partial charge on any atom is -0.394 e. The number of pyridine rings is 1. The van der Waals surface area contributed by atoms with Crippen molar-refractivity contribution in [1.29, 1.82) is 0 Å². The number of fused-ring (bicyclic) bond motifs is 3. The highest BCUT2D eigenvalue weighted by Crippen LogP contribution is 2.35. The van der Waals surface area contributed by atoms with Crippen molar-refractivity contribution >= 4 is 45.7 Å². The molecule has 1 unspecified atom stereocenters. The average Bonchev–Trinajstić information content (AvgIpc) is 3.02. The van der Waals surface area contributed by atoms with Crippen molar-refractivity contribution in [3.8, 4) is 0 Å². The van der Waals surface area contributed by atoms with Crippen molar-refractivity contribution in [2.45, 2.75) is 19.4 Å². The number of benzene rings is 1. The first-order valence-electron chi connectivity index (χ1n) is 9.03. The van der Waals surface area contributed by atoms with Crippen LogP contribution in [0.15, 0.2) is 30.5 Å². The van der Waals surface area contributed by atoms with Gasteiger partial charge in [0.25, 0.3) is 0 Å². The first kappa shape index (κ1) is 19.2. The van der Waals surface area contributed by atoms with E-state index in [1.54, 1.807) is 12.3 Å². The molecule has 1 aliphatic heterocycles. The number of aromatic nitrogens is 2. The molecule has 0 aliphatic carbocycles. The highest BCUT2D eigenvalue weighted by atomic mass is 35.5. The Bertz CT molecular complexity index is 1050. The molecule has 3 heterocycles. The first-order valence-corrected chi connectivity index (χ1v) is 9.78. The van der Waals surface area contributed by atoms with Crippen LogP contribution in [-0.2, 0) is 11.2 Å². The summed E-state index contributed by atoms with van der Waals surface area (Å²) >= 11 is 12.1. The van der Waals surface area contributed by atoms with Crippen LogP contribution in [0.4, 0.5) is 5.69 Å². The fraction of sp³-hybridized carbons (Fsp3) is 0.300. The number of rotatable bonds is 4. The van der Waals surface area contributed by atoms with Gasteiger partial charge in [0.2, 0.25) is 5.91 Å². The molecule has 8 heteroatoms. The third-order valence-corrected chi connectivity index (χ3v) is 5.61. The number of aromatic amines is 1. The maximum atomic E-state index is 12.6. The van der Waals surface area contributed by atoms with E-state index in [0.717, 1.165) is 28.6 Å². The Morgan fingerprint density at radius 3 is 2.96 bits per heavy atom. The number of amides is 1. The molecule has 0 saturated heterocycles. The van der Waals surface area contributed by atoms with Gasteiger partial charge in [0, 0.05) is 34.4 Å². The molecule has 3 N–H and O–H groups in total. The largest absolute Gasteiger partial charge is 0.394 e. The molecule has 1 atom stereocenters. The summed E-state index contributed by atoms with van der Waals surface area (Å²) in [7, 11) is 0. The Labute approximate surface area is 172 Å². The summed E-state index contributed by atoms with van der Waals surface area (Å²) in [5, 5.41) is 15.1. The number of carbonyl (C=O) groups is 1. The van der Waals surface area contributed by atoms with Crippen LogP contribution in [0.25, 0.3) is 10.9 Å². The fourth-order valence-electron chi connectivity index (χ4n) is 3.79. The summed E-state index contributed by atoms with van der Waals surface area (Å²) < 4.78 is 0. The Morgan fingerprint density at radius 2 is 2.18 bits per heavy atom. The Balaban J connectivity index is 1.55. The van der Waals surface area contributed by atoms with E-state index in [1.807, 2.05) is 30.0 Å². The summed E-state index contributed by atoms with van der Waals surface area (Å²) in [6, 6.07) is 7.13. The summed E-state index contributed by atoms with van der Waals surface area (Å²) in [6.45, 7) is 2.55. The first-order chi connectivity index (χ1) is 13.5. The van der Waals surface area contributed by atoms with Crippen LogP contribution in [0.1, 0.15) is 23.0 Å². The second kappa shape index (κ2) is 7.72. The molecule has 0 spiro atoms. The predicted molar refractivity (Wildman–Crippen MR) is 111 cm³/mol. The number of carbonyl (C=O) groups excluding carboxylic acids is 1. The fourth-order valence-corrected chi connectivity index (χ4v) is 4.12. The lowest BCUT2D eigenvalue weighted by atomic mass is 9.97. The van der Waals surface area contributed by atoms with Gasteiger partial charge >= 0.3 is 0 Å². The van der Waals surface area contributed by atoms with E-state index in [-0.39, 0.29) is 25.1 Å². The SMILES string of the molecule is Cc1ncc(Cl)cc1NC(=O)CN1CCc2c([nH]c3ccc(Cl)cc23)C1CO. The van der Waals surface area contributed by atoms with Gasteiger partial charge in [0.1, 0.15) is 0 Å². The van der Waals surface area contributed by atoms with Crippen LogP contribution >= 0.6 is 23.2 Å². The van der Waals surface area contributed by atoms with Gasteiger partial charge < -0.3 is 15.4 Å². The number of anilines is 1. The Hall–Kier alpha value is -2.12. The molecule has 1 aromatic carbocycles. The molecular weight excluding hydrogens is 399 g/mol. The molecule has 0 fully saturated rings. The van der Waals surface area contributed by atoms with E-state index in [0.29, 0.717) is 28.0 Å². The van der Waals surface area contributed by atoms with Crippen LogP contribution in [-0.4, -0.2) is 45.6 Å². The maximum Gasteiger partial charge on any atom is 0.238 e. The monoisotopic (exact) mass is 418 g/mol. The van der Waals surface area contributed by atoms with Crippen LogP contribution < -0.4 is 5.32 Å². The molecule has 2 aromatic heterocycles. The molecule has 6 nitrogen and oxygen atoms in total. The number of aryl methyl sites for hydroxylation is 1. The summed E-state index contributed by atoms with van der Waals surface area (Å²) in [6.07, 6.45) is 2.32. The van der Waals surface area contributed by atoms with Gasteiger partial charge in [0.15, 0.2) is 0 Å². The molecular formula is C20H20Cl2N4O2. The molecule has 1 amide bonds. The molecule has 0 bridgehead atoms. The van der Waals surface area contributed by atoms with E-state index in [2.05, 4.69) is 15.3 Å². The van der Waals surface area contributed by atoms with Crippen molar-refractivity contribution in [2.75, 3.05) is 25.0 Å². The minimum atomic E-state index is -0.278. The number of hydrogen-bond donors (Lipinski definition) is 3. The van der Waals surface area contributed by atoms with Gasteiger partial charge in [-0.1, -0.05) is 23.2 Å². The topological polar surface area (TPSA) is 81.2 Å². The number of nitrogens with zero attached hydrogens (tertiary/aromatic N) is 2. The predicted octanol–water partition coefficient (Wildman–Crippen LogP) is 3.71. The zero-order valence-electron chi connectivity index (χ0n) is 15.3. The zero-order valence-corrected chi connectivity index (χ0v) is 16.8. The highest BCUT2D eigenvalue weighted by molar-refractivity contribution is 6.31. The Morgan fingerprint density at radius 1 is 1.36 bits per heavy atom. The lowest BCUT2D eigenvalue weighted by molar-refractivity contribution is -0.118. The molecule has 1 aliphatic rings. The molecule has 0 radical (unpaired) electrons. The molecule has 28 heavy (non-hydrogen) atoms. The normalized spacial score (nSPS) is 16.9. The molecule has 3 aromatic rings. The average molecular weight is 419 g/mol. The van der Waals surface area contributed by atoms with Crippen molar-refractivity contribution < 1.29 is 9.90 Å². The van der Waals surface area contributed by atoms with Crippen molar-refractivity contribution in [3.63, 3.8) is 0 Å². The van der Waals surface area contributed by atoms with Gasteiger partial charge in [-0.2, -0.15) is 0 Å². The van der Waals surface area contributed by atoms with Crippen molar-refractivity contribution in [2.24, 2.45) is 0 Å². The number of nitrogens with one attached hydrogen (secondary N) is 2. The van der Waals surface area contributed by atoms with Crippen molar-refractivity contribution in [1.82, 2.24) is 14.9 Å². The van der Waals surface area contributed by atoms with Crippen LogP contribution in [0.5, 0.6) is 0 Å². The number of aliphatic hydroxyl groups excluding tert-OH is 1. The van der Waals surface area contributed by atoms with Gasteiger partial charge in [-0.25, -0.2) is 0 Å². The van der Waals surface area contributed by atoms with E-state index in [1.165, 1.54) is 0 Å². The second-order valence-corrected chi connectivity index (χ2v) is 7.83. The van der Waals surface area contributed by atoms with Crippen LogP contribution in [0, 0.1) is 6.92 Å². The van der Waals surface area contributed by atoms with Crippen LogP contribution in [0.3, 0.4) is 0 Å². The quantitative estimate of drug-likeness (QED) is 0.602. The van der Waals surface area contributed by atoms with Gasteiger partial charge in [0.05, 0.1) is 35.6 Å². The van der Waals surface area contributed by atoms with Crippen LogP contribution in [0.2, 0.25) is 10.0 Å². The zero-order chi connectivity index (χ0) is 19.8. The smallest absolute Gasteiger partial charge is 0.238 e. The lowest BCUT2D eigenvalue weighted by Gasteiger charge is -2.34. The minimum absolute atomic E-state index is 0.0847. The third kappa shape index (κ3) is 3.61. The van der Waals surface area contributed by atoms with E-state index < -0.39 is 0 Å². The van der Waals surface area contributed by atoms with Gasteiger partial charge in [-0.05, 0) is 43.2 Å². The number of hydrogen-bond acceptors (Lipinski definition) is 4. The third-order valence-electron chi connectivity index (χ3n) is 5.17. The van der Waals surface area contributed by atoms with Gasteiger partial charge in [-0.15, -0.1) is 0 Å². The van der Waals surface area contributed by atoms with E-state index in [9.17, 15) is 9.90 Å². The van der Waals surface area contributed by atoms with Crippen molar-refractivity contribution in [3.05, 3.63) is 57.5 Å². The van der Waals surface area contributed by atoms with Gasteiger partial charge in [-0.3, -0.25) is 14.7 Å². The maximum absolute atomic E-state index is 12.6. The lowest BCUT2D eigenvalue weighted by Crippen LogP contribution is -2.42. The summed E-state index contributed by atoms with van der Waals surface area (Å²) in [5.41, 5.74) is 4.38. The molecule has 0 saturated carbocycles. The molecule has 146 valence electrons. The summed E-state index contributed by atoms with van der Waals surface area (Å²) in [5.74, 6) is -0.173.